The quantitative estimate of drug-likeness (QED) is 0.146. The number of carbonyl (C=O) groups excluding carboxylic acids is 2. The van der Waals surface area contributed by atoms with Gasteiger partial charge in [0.25, 0.3) is 0 Å². The lowest BCUT2D eigenvalue weighted by Crippen LogP contribution is -2.30. The van der Waals surface area contributed by atoms with Gasteiger partial charge >= 0.3 is 12.1 Å². The third kappa shape index (κ3) is 5.75. The summed E-state index contributed by atoms with van der Waals surface area (Å²) < 4.78 is 5.78. The molecule has 0 radical (unpaired) electrons. The van der Waals surface area contributed by atoms with Crippen molar-refractivity contribution in [2.45, 2.75) is 33.3 Å². The van der Waals surface area contributed by atoms with Crippen molar-refractivity contribution in [3.63, 3.8) is 0 Å². The van der Waals surface area contributed by atoms with E-state index in [9.17, 15) is 19.5 Å². The SMILES string of the molecule is CCN(CC)C(=O)OCc1c2ccccc2cc2ccc(-c3cccc(C(=O)c4cccc(C(C)C(=O)O)c4)c3)cc12. The van der Waals surface area contributed by atoms with E-state index in [1.807, 2.05) is 56.3 Å². The molecule has 6 heteroatoms. The smallest absolute Gasteiger partial charge is 0.410 e. The van der Waals surface area contributed by atoms with Crippen LogP contribution in [0.4, 0.5) is 4.79 Å². The molecule has 1 unspecified atom stereocenters. The van der Waals surface area contributed by atoms with E-state index in [2.05, 4.69) is 24.3 Å². The van der Waals surface area contributed by atoms with Gasteiger partial charge in [-0.2, -0.15) is 0 Å². The zero-order valence-corrected chi connectivity index (χ0v) is 24.0. The average Bonchev–Trinajstić information content (AvgIpc) is 3.02. The lowest BCUT2D eigenvalue weighted by atomic mass is 9.92. The van der Waals surface area contributed by atoms with Crippen molar-refractivity contribution >= 4 is 39.4 Å². The van der Waals surface area contributed by atoms with E-state index >= 15 is 0 Å². The second-order valence-electron chi connectivity index (χ2n) is 10.3. The second kappa shape index (κ2) is 12.3. The molecule has 1 N–H and O–H groups in total. The molecule has 5 aromatic rings. The van der Waals surface area contributed by atoms with Crippen LogP contribution in [0.1, 0.15) is 53.7 Å². The molecular formula is C36H33NO5. The minimum Gasteiger partial charge on any atom is -0.481 e. The predicted octanol–water partition coefficient (Wildman–Crippen LogP) is 8.06. The van der Waals surface area contributed by atoms with E-state index in [-0.39, 0.29) is 18.5 Å². The molecule has 0 spiro atoms. The lowest BCUT2D eigenvalue weighted by Gasteiger charge is -2.19. The third-order valence-corrected chi connectivity index (χ3v) is 7.81. The van der Waals surface area contributed by atoms with E-state index < -0.39 is 11.9 Å². The molecule has 5 rings (SSSR count). The molecule has 0 aromatic heterocycles. The first-order valence-corrected chi connectivity index (χ1v) is 14.1. The van der Waals surface area contributed by atoms with Crippen molar-refractivity contribution in [3.8, 4) is 11.1 Å². The number of amides is 1. The highest BCUT2D eigenvalue weighted by Crippen LogP contribution is 2.33. The van der Waals surface area contributed by atoms with E-state index in [4.69, 9.17) is 4.74 Å². The van der Waals surface area contributed by atoms with Gasteiger partial charge in [-0.1, -0.05) is 72.8 Å². The van der Waals surface area contributed by atoms with E-state index in [1.54, 1.807) is 42.2 Å². The van der Waals surface area contributed by atoms with Gasteiger partial charge in [0.15, 0.2) is 5.78 Å². The minimum atomic E-state index is -0.937. The fraction of sp³-hybridized carbons (Fsp3) is 0.194. The molecule has 0 bridgehead atoms. The van der Waals surface area contributed by atoms with Crippen LogP contribution in [-0.4, -0.2) is 40.9 Å². The fourth-order valence-corrected chi connectivity index (χ4v) is 5.29. The van der Waals surface area contributed by atoms with Crippen LogP contribution < -0.4 is 0 Å². The Balaban J connectivity index is 1.53. The molecule has 0 saturated carbocycles. The van der Waals surface area contributed by atoms with Gasteiger partial charge in [0.1, 0.15) is 6.61 Å². The van der Waals surface area contributed by atoms with Gasteiger partial charge in [0.05, 0.1) is 5.92 Å². The molecule has 1 amide bonds. The molecule has 42 heavy (non-hydrogen) atoms. The highest BCUT2D eigenvalue weighted by molar-refractivity contribution is 6.10. The number of carboxylic acid groups (broad SMARTS) is 1. The number of carbonyl (C=O) groups is 3. The van der Waals surface area contributed by atoms with Gasteiger partial charge < -0.3 is 14.7 Å². The summed E-state index contributed by atoms with van der Waals surface area (Å²) in [7, 11) is 0. The summed E-state index contributed by atoms with van der Waals surface area (Å²) in [5.74, 6) is -1.82. The molecule has 1 atom stereocenters. The standard InChI is InChI=1S/C36H33NO5/c1-4-37(5-2)36(41)42-22-33-31-15-7-6-10-27(31)20-28-17-16-26(21-32(28)33)25-12-9-14-30(19-25)34(38)29-13-8-11-24(18-29)23(3)35(39)40/h6-21,23H,4-5,22H2,1-3H3,(H,39,40). The summed E-state index contributed by atoms with van der Waals surface area (Å²) in [6, 6.07) is 30.6. The Hall–Kier alpha value is -4.97. The van der Waals surface area contributed by atoms with Gasteiger partial charge in [0.2, 0.25) is 0 Å². The number of fused-ring (bicyclic) bond motifs is 2. The first-order valence-electron chi connectivity index (χ1n) is 14.1. The maximum Gasteiger partial charge on any atom is 0.410 e. The number of ether oxygens (including phenoxy) is 1. The molecule has 5 aromatic carbocycles. The number of hydrogen-bond acceptors (Lipinski definition) is 4. The van der Waals surface area contributed by atoms with Crippen LogP contribution >= 0.6 is 0 Å². The maximum absolute atomic E-state index is 13.4. The number of benzene rings is 5. The Morgan fingerprint density at radius 3 is 2.14 bits per heavy atom. The molecule has 0 fully saturated rings. The second-order valence-corrected chi connectivity index (χ2v) is 10.3. The van der Waals surface area contributed by atoms with Crippen molar-refractivity contribution in [1.29, 1.82) is 0 Å². The van der Waals surface area contributed by atoms with Crippen molar-refractivity contribution in [1.82, 2.24) is 4.90 Å². The zero-order chi connectivity index (χ0) is 29.8. The van der Waals surface area contributed by atoms with Gasteiger partial charge in [-0.05, 0) is 83.3 Å². The topological polar surface area (TPSA) is 83.9 Å². The first kappa shape index (κ1) is 28.6. The number of rotatable bonds is 9. The van der Waals surface area contributed by atoms with E-state index in [0.29, 0.717) is 29.8 Å². The largest absolute Gasteiger partial charge is 0.481 e. The summed E-state index contributed by atoms with van der Waals surface area (Å²) in [6.45, 7) is 6.75. The monoisotopic (exact) mass is 559 g/mol. The Kier molecular flexibility index (Phi) is 8.34. The number of hydrogen-bond donors (Lipinski definition) is 1. The summed E-state index contributed by atoms with van der Waals surface area (Å²) in [5, 5.41) is 13.5. The van der Waals surface area contributed by atoms with Crippen LogP contribution in [0.15, 0.2) is 97.1 Å². The Morgan fingerprint density at radius 1 is 0.738 bits per heavy atom. The zero-order valence-electron chi connectivity index (χ0n) is 24.0. The van der Waals surface area contributed by atoms with Crippen molar-refractivity contribution in [3.05, 3.63) is 119 Å². The van der Waals surface area contributed by atoms with Crippen LogP contribution in [0.25, 0.3) is 32.7 Å². The van der Waals surface area contributed by atoms with E-state index in [1.165, 1.54) is 0 Å². The number of ketones is 1. The molecule has 0 heterocycles. The number of nitrogens with zero attached hydrogens (tertiary/aromatic N) is 1. The molecule has 0 aliphatic heterocycles. The lowest BCUT2D eigenvalue weighted by molar-refractivity contribution is -0.138. The normalized spacial score (nSPS) is 11.8. The molecule has 0 aliphatic rings. The van der Waals surface area contributed by atoms with Crippen LogP contribution in [0.3, 0.4) is 0 Å². The Bertz CT molecular complexity index is 1800. The van der Waals surface area contributed by atoms with Crippen molar-refractivity contribution in [2.24, 2.45) is 0 Å². The molecule has 0 saturated heterocycles. The van der Waals surface area contributed by atoms with Gasteiger partial charge in [-0.3, -0.25) is 9.59 Å². The van der Waals surface area contributed by atoms with Crippen LogP contribution in [0.2, 0.25) is 0 Å². The summed E-state index contributed by atoms with van der Waals surface area (Å²) >= 11 is 0. The first-order chi connectivity index (χ1) is 20.3. The molecular weight excluding hydrogens is 526 g/mol. The highest BCUT2D eigenvalue weighted by atomic mass is 16.6. The fourth-order valence-electron chi connectivity index (χ4n) is 5.29. The van der Waals surface area contributed by atoms with Gasteiger partial charge in [0, 0.05) is 29.8 Å². The van der Waals surface area contributed by atoms with Crippen LogP contribution in [0, 0.1) is 0 Å². The average molecular weight is 560 g/mol. The summed E-state index contributed by atoms with van der Waals surface area (Å²) in [6.07, 6.45) is -0.342. The molecule has 212 valence electrons. The minimum absolute atomic E-state index is 0.139. The van der Waals surface area contributed by atoms with Gasteiger partial charge in [-0.25, -0.2) is 4.79 Å². The van der Waals surface area contributed by atoms with Crippen LogP contribution in [-0.2, 0) is 16.1 Å². The Labute approximate surface area is 245 Å². The predicted molar refractivity (Wildman–Crippen MR) is 166 cm³/mol. The van der Waals surface area contributed by atoms with Gasteiger partial charge in [-0.15, -0.1) is 0 Å². The van der Waals surface area contributed by atoms with Crippen molar-refractivity contribution < 1.29 is 24.2 Å². The number of aliphatic carboxylic acids is 1. The Morgan fingerprint density at radius 2 is 1.40 bits per heavy atom. The molecule has 6 nitrogen and oxygen atoms in total. The summed E-state index contributed by atoms with van der Waals surface area (Å²) in [5.41, 5.74) is 4.27. The maximum atomic E-state index is 13.4. The van der Waals surface area contributed by atoms with E-state index in [0.717, 1.165) is 38.2 Å². The number of carboxylic acids is 1. The third-order valence-electron chi connectivity index (χ3n) is 7.81. The highest BCUT2D eigenvalue weighted by Gasteiger charge is 2.18. The van der Waals surface area contributed by atoms with Crippen LogP contribution in [0.5, 0.6) is 0 Å². The summed E-state index contributed by atoms with van der Waals surface area (Å²) in [4.78, 5) is 39.2. The molecule has 0 aliphatic carbocycles. The van der Waals surface area contributed by atoms with Crippen molar-refractivity contribution in [2.75, 3.05) is 13.1 Å².